The van der Waals surface area contributed by atoms with Gasteiger partial charge in [0.2, 0.25) is 5.78 Å². The Morgan fingerprint density at radius 1 is 0.667 bits per heavy atom. The van der Waals surface area contributed by atoms with Crippen LogP contribution in [0.2, 0.25) is 0 Å². The molecule has 0 spiro atoms. The molecule has 0 radical (unpaired) electrons. The topological polar surface area (TPSA) is 79.5 Å². The van der Waals surface area contributed by atoms with Gasteiger partial charge in [-0.05, 0) is 28.8 Å². The molecule has 0 amide bonds. The van der Waals surface area contributed by atoms with Crippen molar-refractivity contribution in [1.82, 2.24) is 0 Å². The normalized spacial score (nSPS) is 13.1. The van der Waals surface area contributed by atoms with Gasteiger partial charge in [0, 0.05) is 16.7 Å². The number of carbonyl (C=O) groups is 2. The van der Waals surface area contributed by atoms with Crippen molar-refractivity contribution >= 4 is 17.5 Å². The standard InChI is InChI=1S/C28H16N2O3/c29-17-18-9-1-2-10-19(18)20-11-5-8-16-25(20)28(32)33-30-26-23-14-6-3-12-21(23)22-13-4-7-15-24(22)27(26)31/h1-16H/b30-26-. The minimum atomic E-state index is -0.713. The summed E-state index contributed by atoms with van der Waals surface area (Å²) in [6.45, 7) is 0. The van der Waals surface area contributed by atoms with Crippen molar-refractivity contribution in [2.24, 2.45) is 5.16 Å². The van der Waals surface area contributed by atoms with Gasteiger partial charge < -0.3 is 4.84 Å². The second kappa shape index (κ2) is 8.37. The molecule has 0 saturated heterocycles. The predicted octanol–water partition coefficient (Wildman–Crippen LogP) is 5.65. The van der Waals surface area contributed by atoms with Gasteiger partial charge in [0.05, 0.1) is 17.2 Å². The van der Waals surface area contributed by atoms with Crippen LogP contribution in [0.4, 0.5) is 0 Å². The van der Waals surface area contributed by atoms with Crippen LogP contribution in [0.25, 0.3) is 22.3 Å². The number of nitrogens with zero attached hydrogens (tertiary/aromatic N) is 2. The third-order valence-corrected chi connectivity index (χ3v) is 5.56. The lowest BCUT2D eigenvalue weighted by Crippen LogP contribution is -2.23. The van der Waals surface area contributed by atoms with Crippen LogP contribution in [0.15, 0.2) is 102 Å². The number of rotatable bonds is 3. The van der Waals surface area contributed by atoms with Crippen molar-refractivity contribution in [1.29, 1.82) is 5.26 Å². The molecule has 156 valence electrons. The van der Waals surface area contributed by atoms with Crippen molar-refractivity contribution in [3.05, 3.63) is 119 Å². The third-order valence-electron chi connectivity index (χ3n) is 5.56. The molecule has 0 fully saturated rings. The first-order valence-electron chi connectivity index (χ1n) is 10.3. The van der Waals surface area contributed by atoms with Gasteiger partial charge in [-0.15, -0.1) is 0 Å². The van der Waals surface area contributed by atoms with Crippen molar-refractivity contribution in [2.45, 2.75) is 0 Å². The van der Waals surface area contributed by atoms with Crippen molar-refractivity contribution < 1.29 is 14.4 Å². The summed E-state index contributed by atoms with van der Waals surface area (Å²) in [7, 11) is 0. The number of Topliss-reactive ketones (excluding diaryl/α,β-unsaturated/α-hetero) is 1. The number of fused-ring (bicyclic) bond motifs is 3. The zero-order valence-electron chi connectivity index (χ0n) is 17.4. The van der Waals surface area contributed by atoms with E-state index in [9.17, 15) is 14.9 Å². The van der Waals surface area contributed by atoms with Crippen LogP contribution >= 0.6 is 0 Å². The summed E-state index contributed by atoms with van der Waals surface area (Å²) in [4.78, 5) is 31.5. The Labute approximate surface area is 190 Å². The molecule has 4 aromatic rings. The molecule has 0 bridgehead atoms. The maximum atomic E-state index is 13.1. The molecule has 0 aromatic heterocycles. The lowest BCUT2D eigenvalue weighted by Gasteiger charge is -2.19. The summed E-state index contributed by atoms with van der Waals surface area (Å²) < 4.78 is 0. The average Bonchev–Trinajstić information content (AvgIpc) is 2.88. The maximum Gasteiger partial charge on any atom is 0.366 e. The number of nitriles is 1. The second-order valence-corrected chi connectivity index (χ2v) is 7.44. The van der Waals surface area contributed by atoms with Crippen molar-refractivity contribution in [3.8, 4) is 28.3 Å². The summed E-state index contributed by atoms with van der Waals surface area (Å²) in [6.07, 6.45) is 0. The van der Waals surface area contributed by atoms with Crippen molar-refractivity contribution in [3.63, 3.8) is 0 Å². The monoisotopic (exact) mass is 428 g/mol. The van der Waals surface area contributed by atoms with Gasteiger partial charge in [0.15, 0.2) is 5.71 Å². The van der Waals surface area contributed by atoms with Crippen LogP contribution in [0.5, 0.6) is 0 Å². The van der Waals surface area contributed by atoms with E-state index in [1.54, 1.807) is 66.7 Å². The van der Waals surface area contributed by atoms with E-state index >= 15 is 0 Å². The van der Waals surface area contributed by atoms with Crippen LogP contribution in [-0.4, -0.2) is 17.5 Å². The van der Waals surface area contributed by atoms with Gasteiger partial charge in [0.25, 0.3) is 0 Å². The number of hydrogen-bond acceptors (Lipinski definition) is 5. The Kier molecular flexibility index (Phi) is 5.10. The Balaban J connectivity index is 1.54. The molecule has 0 atom stereocenters. The zero-order valence-corrected chi connectivity index (χ0v) is 17.4. The second-order valence-electron chi connectivity index (χ2n) is 7.44. The van der Waals surface area contributed by atoms with Gasteiger partial charge in [-0.1, -0.05) is 90.1 Å². The maximum absolute atomic E-state index is 13.1. The molecule has 0 N–H and O–H groups in total. The molecular formula is C28H16N2O3. The van der Waals surface area contributed by atoms with E-state index in [0.29, 0.717) is 27.8 Å². The molecule has 5 heteroatoms. The SMILES string of the molecule is N#Cc1ccccc1-c1ccccc1C(=O)O/N=C1\C(=O)c2ccccc2-c2ccccc21. The van der Waals surface area contributed by atoms with Gasteiger partial charge in [0.1, 0.15) is 0 Å². The predicted molar refractivity (Wildman–Crippen MR) is 125 cm³/mol. The lowest BCUT2D eigenvalue weighted by molar-refractivity contribution is 0.0517. The molecule has 4 aromatic carbocycles. The highest BCUT2D eigenvalue weighted by Gasteiger charge is 2.29. The fourth-order valence-corrected chi connectivity index (χ4v) is 4.03. The van der Waals surface area contributed by atoms with E-state index in [0.717, 1.165) is 11.1 Å². The van der Waals surface area contributed by atoms with E-state index in [4.69, 9.17) is 4.84 Å². The molecule has 1 aliphatic carbocycles. The minimum absolute atomic E-state index is 0.0764. The molecule has 5 rings (SSSR count). The highest BCUT2D eigenvalue weighted by atomic mass is 16.7. The Hall–Kier alpha value is -4.82. The first-order chi connectivity index (χ1) is 16.2. The minimum Gasteiger partial charge on any atom is -0.312 e. The number of oxime groups is 1. The highest BCUT2D eigenvalue weighted by Crippen LogP contribution is 2.34. The molecule has 0 unspecified atom stereocenters. The van der Waals surface area contributed by atoms with Gasteiger partial charge in [-0.2, -0.15) is 5.26 Å². The van der Waals surface area contributed by atoms with E-state index in [1.165, 1.54) is 0 Å². The Morgan fingerprint density at radius 2 is 1.18 bits per heavy atom. The van der Waals surface area contributed by atoms with E-state index in [-0.39, 0.29) is 17.1 Å². The fourth-order valence-electron chi connectivity index (χ4n) is 4.03. The smallest absolute Gasteiger partial charge is 0.312 e. The van der Waals surface area contributed by atoms with Gasteiger partial charge >= 0.3 is 5.97 Å². The summed E-state index contributed by atoms with van der Waals surface area (Å²) in [5.74, 6) is -1.02. The first kappa shape index (κ1) is 20.1. The van der Waals surface area contributed by atoms with Crippen LogP contribution in [0, 0.1) is 11.3 Å². The van der Waals surface area contributed by atoms with E-state index in [2.05, 4.69) is 11.2 Å². The molecule has 0 saturated carbocycles. The molecule has 0 heterocycles. The third kappa shape index (κ3) is 3.50. The molecule has 1 aliphatic rings. The summed E-state index contributed by atoms with van der Waals surface area (Å²) >= 11 is 0. The van der Waals surface area contributed by atoms with Crippen molar-refractivity contribution in [2.75, 3.05) is 0 Å². The zero-order chi connectivity index (χ0) is 22.8. The fraction of sp³-hybridized carbons (Fsp3) is 0. The highest BCUT2D eigenvalue weighted by molar-refractivity contribution is 6.54. The number of hydrogen-bond donors (Lipinski definition) is 0. The van der Waals surface area contributed by atoms with Crippen LogP contribution < -0.4 is 0 Å². The van der Waals surface area contributed by atoms with Gasteiger partial charge in [-0.25, -0.2) is 4.79 Å². The lowest BCUT2D eigenvalue weighted by atomic mass is 9.83. The van der Waals surface area contributed by atoms with Crippen LogP contribution in [-0.2, 0) is 4.84 Å². The van der Waals surface area contributed by atoms with Crippen LogP contribution in [0.1, 0.15) is 31.8 Å². The van der Waals surface area contributed by atoms with Gasteiger partial charge in [-0.3, -0.25) is 4.79 Å². The number of ketones is 1. The van der Waals surface area contributed by atoms with Crippen LogP contribution in [0.3, 0.4) is 0 Å². The summed E-state index contributed by atoms with van der Waals surface area (Å²) in [5, 5.41) is 13.5. The quantitative estimate of drug-likeness (QED) is 0.312. The Morgan fingerprint density at radius 3 is 1.88 bits per heavy atom. The average molecular weight is 428 g/mol. The first-order valence-corrected chi connectivity index (χ1v) is 10.3. The summed E-state index contributed by atoms with van der Waals surface area (Å²) in [6, 6.07) is 30.7. The number of carbonyl (C=O) groups excluding carboxylic acids is 2. The molecule has 0 aliphatic heterocycles. The molecular weight excluding hydrogens is 412 g/mol. The summed E-state index contributed by atoms with van der Waals surface area (Å²) in [5.41, 5.74) is 4.74. The molecule has 5 nitrogen and oxygen atoms in total. The van der Waals surface area contributed by atoms with E-state index < -0.39 is 5.97 Å². The largest absolute Gasteiger partial charge is 0.366 e. The number of benzene rings is 4. The molecule has 33 heavy (non-hydrogen) atoms. The Bertz CT molecular complexity index is 1500. The van der Waals surface area contributed by atoms with E-state index in [1.807, 2.05) is 30.3 Å².